The zero-order chi connectivity index (χ0) is 34.5. The van der Waals surface area contributed by atoms with Crippen LogP contribution in [0.25, 0.3) is 10.9 Å². The van der Waals surface area contributed by atoms with Gasteiger partial charge in [0.2, 0.25) is 17.7 Å². The Morgan fingerprint density at radius 3 is 2.51 bits per heavy atom. The molecule has 49 heavy (non-hydrogen) atoms. The standard InChI is InChI=1S/C28H31ClN6O5.C9H12/c1-30-25(36)10-32-27(38)21-14-34(26(37)6-16-9-31-22-7-18(29)4-5-19(16)22)11-17-12-35(13-20(17)21)28(39)23-8-24(40-33-23)15-2-3-15;1-2-6-9-7-4-3-5-8-9/h4-5,7-9,15,17,20-21,31H,2-3,6,10-14H2,1H3,(H,30,36)(H,32,38);3-5,7-8H,2,6H2,1H3. The number of aromatic nitrogens is 2. The summed E-state index contributed by atoms with van der Waals surface area (Å²) in [6, 6.07) is 17.8. The molecule has 2 saturated heterocycles. The van der Waals surface area contributed by atoms with Crippen molar-refractivity contribution < 1.29 is 23.7 Å². The van der Waals surface area contributed by atoms with Crippen LogP contribution in [0.4, 0.5) is 0 Å². The second-order valence-electron chi connectivity index (χ2n) is 13.2. The SMILES string of the molecule is CCCc1ccccc1.CNC(=O)CNC(=O)C1CN(C(=O)Cc2c[nH]c3cc(Cl)ccc23)CC2CN(C(=O)c3cc(C4CC4)on3)CC21. The third-order valence-electron chi connectivity index (χ3n) is 9.74. The zero-order valence-electron chi connectivity index (χ0n) is 27.9. The van der Waals surface area contributed by atoms with Crippen LogP contribution in [0.3, 0.4) is 0 Å². The summed E-state index contributed by atoms with van der Waals surface area (Å²) in [7, 11) is 1.50. The Kier molecular flexibility index (Phi) is 10.7. The van der Waals surface area contributed by atoms with Crippen molar-refractivity contribution in [3.8, 4) is 0 Å². The number of benzene rings is 2. The highest BCUT2D eigenvalue weighted by Gasteiger charge is 2.48. The van der Waals surface area contributed by atoms with Crippen molar-refractivity contribution in [2.45, 2.75) is 44.9 Å². The van der Waals surface area contributed by atoms with Crippen molar-refractivity contribution in [2.75, 3.05) is 39.8 Å². The van der Waals surface area contributed by atoms with E-state index < -0.39 is 5.92 Å². The topological polar surface area (TPSA) is 141 Å². The Morgan fingerprint density at radius 2 is 1.78 bits per heavy atom. The minimum Gasteiger partial charge on any atom is -0.361 e. The lowest BCUT2D eigenvalue weighted by molar-refractivity contribution is -0.139. The largest absolute Gasteiger partial charge is 0.361 e. The van der Waals surface area contributed by atoms with Crippen LogP contribution in [-0.2, 0) is 27.2 Å². The Labute approximate surface area is 290 Å². The molecule has 3 N–H and O–H groups in total. The number of rotatable bonds is 9. The number of hydrogen-bond acceptors (Lipinski definition) is 6. The van der Waals surface area contributed by atoms with Gasteiger partial charge in [-0.25, -0.2) is 0 Å². The number of aryl methyl sites for hydroxylation is 1. The van der Waals surface area contributed by atoms with Gasteiger partial charge in [-0.3, -0.25) is 19.2 Å². The maximum absolute atomic E-state index is 13.5. The van der Waals surface area contributed by atoms with Crippen molar-refractivity contribution in [3.05, 3.63) is 88.4 Å². The van der Waals surface area contributed by atoms with Crippen LogP contribution in [0.5, 0.6) is 0 Å². The number of nitrogens with zero attached hydrogens (tertiary/aromatic N) is 3. The van der Waals surface area contributed by atoms with E-state index in [4.69, 9.17) is 16.1 Å². The first kappa shape index (κ1) is 34.2. The fraction of sp³-hybridized carbons (Fsp3) is 0.432. The molecule has 0 radical (unpaired) electrons. The average Bonchev–Trinajstić information content (AvgIpc) is 3.48. The van der Waals surface area contributed by atoms with Crippen molar-refractivity contribution in [2.24, 2.45) is 17.8 Å². The van der Waals surface area contributed by atoms with Gasteiger partial charge in [0.05, 0.1) is 18.9 Å². The second kappa shape index (κ2) is 15.3. The number of carbonyl (C=O) groups excluding carboxylic acids is 4. The molecule has 2 aromatic carbocycles. The molecule has 1 saturated carbocycles. The predicted octanol–water partition coefficient (Wildman–Crippen LogP) is 4.58. The molecule has 3 fully saturated rings. The van der Waals surface area contributed by atoms with Crippen LogP contribution >= 0.6 is 11.6 Å². The van der Waals surface area contributed by atoms with Gasteiger partial charge in [0, 0.05) is 67.3 Å². The summed E-state index contributed by atoms with van der Waals surface area (Å²) in [4.78, 5) is 58.5. The van der Waals surface area contributed by atoms with E-state index in [0.717, 1.165) is 35.1 Å². The molecule has 3 atom stereocenters. The molecular weight excluding hydrogens is 644 g/mol. The highest BCUT2D eigenvalue weighted by Crippen LogP contribution is 2.41. The first-order chi connectivity index (χ1) is 23.7. The van der Waals surface area contributed by atoms with E-state index in [-0.39, 0.29) is 60.7 Å². The number of halogens is 1. The predicted molar refractivity (Wildman–Crippen MR) is 186 cm³/mol. The fourth-order valence-electron chi connectivity index (χ4n) is 6.93. The lowest BCUT2D eigenvalue weighted by atomic mass is 9.79. The summed E-state index contributed by atoms with van der Waals surface area (Å²) < 4.78 is 5.39. The maximum atomic E-state index is 13.5. The highest BCUT2D eigenvalue weighted by molar-refractivity contribution is 6.31. The van der Waals surface area contributed by atoms with E-state index >= 15 is 0 Å². The molecule has 1 aliphatic carbocycles. The third kappa shape index (κ3) is 8.16. The molecule has 3 unspecified atom stereocenters. The maximum Gasteiger partial charge on any atom is 0.276 e. The molecule has 4 amide bonds. The van der Waals surface area contributed by atoms with Gasteiger partial charge in [0.15, 0.2) is 5.69 Å². The summed E-state index contributed by atoms with van der Waals surface area (Å²) in [5, 5.41) is 10.7. The number of fused-ring (bicyclic) bond motifs is 2. The number of likely N-dealkylation sites (tertiary alicyclic amines) is 2. The third-order valence-corrected chi connectivity index (χ3v) is 9.97. The van der Waals surface area contributed by atoms with Crippen LogP contribution in [0.1, 0.15) is 59.5 Å². The Balaban J connectivity index is 0.000000403. The number of carbonyl (C=O) groups is 4. The van der Waals surface area contributed by atoms with E-state index in [1.165, 1.54) is 25.5 Å². The van der Waals surface area contributed by atoms with Crippen LogP contribution in [0.15, 0.2) is 65.3 Å². The van der Waals surface area contributed by atoms with Gasteiger partial charge in [-0.15, -0.1) is 0 Å². The number of amides is 4. The van der Waals surface area contributed by atoms with Gasteiger partial charge in [0.1, 0.15) is 5.76 Å². The number of piperidine rings is 1. The van der Waals surface area contributed by atoms with Gasteiger partial charge in [-0.2, -0.15) is 0 Å². The monoisotopic (exact) mass is 686 g/mol. The van der Waals surface area contributed by atoms with E-state index in [0.29, 0.717) is 30.6 Å². The molecular formula is C37H43ClN6O5. The normalized spacial score (nSPS) is 19.9. The smallest absolute Gasteiger partial charge is 0.276 e. The summed E-state index contributed by atoms with van der Waals surface area (Å²) >= 11 is 6.10. The summed E-state index contributed by atoms with van der Waals surface area (Å²) in [5.41, 5.74) is 3.41. The van der Waals surface area contributed by atoms with Crippen molar-refractivity contribution in [3.63, 3.8) is 0 Å². The minimum atomic E-state index is -0.564. The Hall–Kier alpha value is -4.64. The number of hydrogen-bond donors (Lipinski definition) is 3. The number of aromatic amines is 1. The van der Waals surface area contributed by atoms with Gasteiger partial charge in [-0.05, 0) is 54.4 Å². The van der Waals surface area contributed by atoms with Crippen LogP contribution < -0.4 is 10.6 Å². The second-order valence-corrected chi connectivity index (χ2v) is 13.7. The summed E-state index contributed by atoms with van der Waals surface area (Å²) in [5.74, 6) is -0.667. The van der Waals surface area contributed by atoms with Crippen molar-refractivity contribution in [1.29, 1.82) is 0 Å². The molecule has 2 aromatic heterocycles. The lowest BCUT2D eigenvalue weighted by Crippen LogP contribution is -2.54. The molecule has 4 aromatic rings. The first-order valence-electron chi connectivity index (χ1n) is 17.0. The van der Waals surface area contributed by atoms with E-state index in [2.05, 4.69) is 58.0 Å². The summed E-state index contributed by atoms with van der Waals surface area (Å²) in [6.07, 6.45) is 6.50. The van der Waals surface area contributed by atoms with Crippen LogP contribution in [0, 0.1) is 17.8 Å². The average molecular weight is 687 g/mol. The van der Waals surface area contributed by atoms with Gasteiger partial charge >= 0.3 is 0 Å². The Morgan fingerprint density at radius 1 is 1.00 bits per heavy atom. The van der Waals surface area contributed by atoms with Crippen LogP contribution in [-0.4, -0.2) is 83.3 Å². The molecule has 2 aliphatic heterocycles. The molecule has 12 heteroatoms. The Bertz CT molecular complexity index is 1800. The zero-order valence-corrected chi connectivity index (χ0v) is 28.7. The van der Waals surface area contributed by atoms with Crippen molar-refractivity contribution in [1.82, 2.24) is 30.6 Å². The van der Waals surface area contributed by atoms with E-state index in [9.17, 15) is 19.2 Å². The highest BCUT2D eigenvalue weighted by atomic mass is 35.5. The molecule has 7 rings (SSSR count). The lowest BCUT2D eigenvalue weighted by Gasteiger charge is -2.39. The number of nitrogens with one attached hydrogen (secondary N) is 3. The van der Waals surface area contributed by atoms with Gasteiger partial charge in [0.25, 0.3) is 5.91 Å². The minimum absolute atomic E-state index is 0.0889. The molecule has 0 bridgehead atoms. The quantitative estimate of drug-likeness (QED) is 0.236. The van der Waals surface area contributed by atoms with Gasteiger partial charge < -0.3 is 29.9 Å². The fourth-order valence-corrected chi connectivity index (χ4v) is 7.11. The molecule has 0 spiro atoms. The molecule has 258 valence electrons. The molecule has 4 heterocycles. The number of H-pyrrole nitrogens is 1. The van der Waals surface area contributed by atoms with E-state index in [1.807, 2.05) is 18.3 Å². The van der Waals surface area contributed by atoms with Crippen molar-refractivity contribution >= 4 is 46.1 Å². The molecule has 11 nitrogen and oxygen atoms in total. The first-order valence-corrected chi connectivity index (χ1v) is 17.4. The van der Waals surface area contributed by atoms with E-state index in [1.54, 1.807) is 21.9 Å². The number of likely N-dealkylation sites (N-methyl/N-ethyl adjacent to an activating group) is 1. The van der Waals surface area contributed by atoms with Gasteiger partial charge in [-0.1, -0.05) is 66.5 Å². The van der Waals surface area contributed by atoms with Crippen LogP contribution in [0.2, 0.25) is 5.02 Å². The molecule has 3 aliphatic rings. The summed E-state index contributed by atoms with van der Waals surface area (Å²) in [6.45, 7) is 3.48.